The maximum absolute atomic E-state index is 12.2. The summed E-state index contributed by atoms with van der Waals surface area (Å²) in [6.45, 7) is 3.50. The van der Waals surface area contributed by atoms with Crippen molar-refractivity contribution in [2.45, 2.75) is 6.18 Å². The Kier molecular flexibility index (Phi) is 5.14. The van der Waals surface area contributed by atoms with Crippen LogP contribution < -0.4 is 5.32 Å². The van der Waals surface area contributed by atoms with E-state index in [2.05, 4.69) is 5.32 Å². The van der Waals surface area contributed by atoms with Gasteiger partial charge in [-0.3, -0.25) is 4.79 Å². The summed E-state index contributed by atoms with van der Waals surface area (Å²) in [6, 6.07) is 3.51. The summed E-state index contributed by atoms with van der Waals surface area (Å²) in [4.78, 5) is 22.9. The number of rotatable bonds is 1. The molecule has 2 unspecified atom stereocenters. The molecule has 2 aliphatic rings. The molecule has 0 bridgehead atoms. The molecular formula is C14H14F3N3O4. The maximum Gasteiger partial charge on any atom is 0.490 e. The van der Waals surface area contributed by atoms with Gasteiger partial charge in [0.05, 0.1) is 6.26 Å². The Balaban J connectivity index is 0.000000256. The monoisotopic (exact) mass is 345 g/mol. The number of nitriles is 1. The average Bonchev–Trinajstić information content (AvgIpc) is 3.20. The fourth-order valence-corrected chi connectivity index (χ4v) is 2.73. The first kappa shape index (κ1) is 17.8. The van der Waals surface area contributed by atoms with Crippen LogP contribution in [0, 0.1) is 23.2 Å². The number of carbonyl (C=O) groups excluding carboxylic acids is 1. The summed E-state index contributed by atoms with van der Waals surface area (Å²) in [5, 5.41) is 19.3. The van der Waals surface area contributed by atoms with Crippen molar-refractivity contribution in [3.63, 3.8) is 0 Å². The number of alkyl halides is 3. The number of hydrogen-bond acceptors (Lipinski definition) is 5. The molecule has 0 spiro atoms. The van der Waals surface area contributed by atoms with Gasteiger partial charge in [0, 0.05) is 26.2 Å². The first-order valence-corrected chi connectivity index (χ1v) is 7.01. The van der Waals surface area contributed by atoms with Gasteiger partial charge in [-0.15, -0.1) is 0 Å². The first-order valence-electron chi connectivity index (χ1n) is 7.01. The summed E-state index contributed by atoms with van der Waals surface area (Å²) in [5.74, 6) is -1.62. The number of hydrogen-bond donors (Lipinski definition) is 2. The summed E-state index contributed by atoms with van der Waals surface area (Å²) >= 11 is 0. The summed E-state index contributed by atoms with van der Waals surface area (Å²) in [5.41, 5.74) is 0.324. The molecule has 2 aliphatic heterocycles. The molecule has 10 heteroatoms. The molecule has 2 atom stereocenters. The SMILES string of the molecule is N#Cc1ccoc1C(=O)N1CC2CNCC2C1.O=C(O)C(F)(F)F. The second-order valence-corrected chi connectivity index (χ2v) is 5.47. The lowest BCUT2D eigenvalue weighted by Gasteiger charge is -2.15. The molecule has 130 valence electrons. The van der Waals surface area contributed by atoms with Crippen LogP contribution in [-0.4, -0.2) is 54.2 Å². The van der Waals surface area contributed by atoms with E-state index in [0.29, 0.717) is 17.4 Å². The Morgan fingerprint density at radius 2 is 1.88 bits per heavy atom. The molecule has 24 heavy (non-hydrogen) atoms. The fraction of sp³-hybridized carbons (Fsp3) is 0.500. The van der Waals surface area contributed by atoms with E-state index in [1.54, 1.807) is 4.90 Å². The van der Waals surface area contributed by atoms with E-state index in [4.69, 9.17) is 19.6 Å². The highest BCUT2D eigenvalue weighted by molar-refractivity contribution is 5.94. The number of furan rings is 1. The zero-order valence-corrected chi connectivity index (χ0v) is 12.3. The van der Waals surface area contributed by atoms with E-state index < -0.39 is 12.1 Å². The van der Waals surface area contributed by atoms with Crippen molar-refractivity contribution in [3.05, 3.63) is 23.7 Å². The third kappa shape index (κ3) is 3.86. The Bertz CT molecular complexity index is 653. The number of amides is 1. The van der Waals surface area contributed by atoms with Crippen molar-refractivity contribution in [2.24, 2.45) is 11.8 Å². The van der Waals surface area contributed by atoms with E-state index >= 15 is 0 Å². The van der Waals surface area contributed by atoms with Crippen LogP contribution in [0.25, 0.3) is 0 Å². The van der Waals surface area contributed by atoms with E-state index in [1.807, 2.05) is 6.07 Å². The average molecular weight is 345 g/mol. The molecule has 3 heterocycles. The topological polar surface area (TPSA) is 107 Å². The van der Waals surface area contributed by atoms with E-state index in [1.165, 1.54) is 12.3 Å². The lowest BCUT2D eigenvalue weighted by atomic mass is 10.0. The lowest BCUT2D eigenvalue weighted by molar-refractivity contribution is -0.192. The molecule has 2 fully saturated rings. The van der Waals surface area contributed by atoms with Crippen molar-refractivity contribution in [2.75, 3.05) is 26.2 Å². The molecule has 2 saturated heterocycles. The second kappa shape index (κ2) is 6.92. The van der Waals surface area contributed by atoms with E-state index in [-0.39, 0.29) is 11.7 Å². The van der Waals surface area contributed by atoms with Gasteiger partial charge in [-0.25, -0.2) is 4.79 Å². The molecular weight excluding hydrogens is 331 g/mol. The van der Waals surface area contributed by atoms with E-state index in [9.17, 15) is 18.0 Å². The first-order chi connectivity index (χ1) is 11.2. The van der Waals surface area contributed by atoms with Crippen molar-refractivity contribution in [1.82, 2.24) is 10.2 Å². The van der Waals surface area contributed by atoms with Crippen molar-refractivity contribution >= 4 is 11.9 Å². The largest absolute Gasteiger partial charge is 0.490 e. The normalized spacial score (nSPS) is 22.3. The molecule has 1 amide bonds. The minimum Gasteiger partial charge on any atom is -0.475 e. The molecule has 0 saturated carbocycles. The highest BCUT2D eigenvalue weighted by Gasteiger charge is 2.39. The maximum atomic E-state index is 12.2. The van der Waals surface area contributed by atoms with Crippen LogP contribution in [0.2, 0.25) is 0 Å². The zero-order valence-electron chi connectivity index (χ0n) is 12.3. The van der Waals surface area contributed by atoms with Crippen molar-refractivity contribution < 1.29 is 32.3 Å². The Morgan fingerprint density at radius 3 is 2.33 bits per heavy atom. The number of nitrogens with one attached hydrogen (secondary N) is 1. The summed E-state index contributed by atoms with van der Waals surface area (Å²) in [7, 11) is 0. The van der Waals surface area contributed by atoms with Gasteiger partial charge >= 0.3 is 12.1 Å². The zero-order chi connectivity index (χ0) is 17.9. The number of carboxylic acids is 1. The number of carbonyl (C=O) groups is 2. The van der Waals surface area contributed by atoms with Gasteiger partial charge in [0.1, 0.15) is 11.6 Å². The lowest BCUT2D eigenvalue weighted by Crippen LogP contribution is -2.32. The van der Waals surface area contributed by atoms with Crippen molar-refractivity contribution in [3.8, 4) is 6.07 Å². The number of halogens is 3. The van der Waals surface area contributed by atoms with Crippen LogP contribution in [0.5, 0.6) is 0 Å². The molecule has 3 rings (SSSR count). The molecule has 0 aromatic carbocycles. The van der Waals surface area contributed by atoms with Crippen LogP contribution >= 0.6 is 0 Å². The third-order valence-electron chi connectivity index (χ3n) is 3.90. The number of nitrogens with zero attached hydrogens (tertiary/aromatic N) is 2. The van der Waals surface area contributed by atoms with Gasteiger partial charge in [0.2, 0.25) is 5.76 Å². The minimum atomic E-state index is -5.08. The fourth-order valence-electron chi connectivity index (χ4n) is 2.73. The van der Waals surface area contributed by atoms with E-state index in [0.717, 1.165) is 26.2 Å². The smallest absolute Gasteiger partial charge is 0.475 e. The molecule has 7 nitrogen and oxygen atoms in total. The highest BCUT2D eigenvalue weighted by Crippen LogP contribution is 2.28. The second-order valence-electron chi connectivity index (χ2n) is 5.47. The molecule has 0 aliphatic carbocycles. The third-order valence-corrected chi connectivity index (χ3v) is 3.90. The highest BCUT2D eigenvalue weighted by atomic mass is 19.4. The number of likely N-dealkylation sites (tertiary alicyclic amines) is 1. The number of aliphatic carboxylic acids is 1. The van der Waals surface area contributed by atoms with Gasteiger partial charge in [-0.2, -0.15) is 18.4 Å². The predicted octanol–water partition coefficient (Wildman–Crippen LogP) is 1.08. The Hall–Kier alpha value is -2.54. The number of carboxylic acid groups (broad SMARTS) is 1. The molecule has 1 aromatic heterocycles. The Morgan fingerprint density at radius 1 is 1.33 bits per heavy atom. The van der Waals surface area contributed by atoms with Crippen LogP contribution in [0.3, 0.4) is 0 Å². The van der Waals surface area contributed by atoms with Gasteiger partial charge in [0.15, 0.2) is 0 Å². The van der Waals surface area contributed by atoms with Crippen LogP contribution in [-0.2, 0) is 4.79 Å². The van der Waals surface area contributed by atoms with Gasteiger partial charge in [-0.1, -0.05) is 0 Å². The summed E-state index contributed by atoms with van der Waals surface area (Å²) in [6.07, 6.45) is -3.69. The van der Waals surface area contributed by atoms with Crippen LogP contribution in [0.4, 0.5) is 13.2 Å². The quantitative estimate of drug-likeness (QED) is 0.789. The number of fused-ring (bicyclic) bond motifs is 1. The summed E-state index contributed by atoms with van der Waals surface area (Å²) < 4.78 is 36.9. The molecule has 2 N–H and O–H groups in total. The standard InChI is InChI=1S/C12H13N3O2.C2HF3O2/c13-3-8-1-2-17-11(8)12(16)15-6-9-4-14-5-10(9)7-15;3-2(4,5)1(6)7/h1-2,9-10,14H,4-7H2;(H,6,7). The van der Waals surface area contributed by atoms with Gasteiger partial charge < -0.3 is 19.7 Å². The molecule has 1 aromatic rings. The van der Waals surface area contributed by atoms with Crippen molar-refractivity contribution in [1.29, 1.82) is 5.26 Å². The van der Waals surface area contributed by atoms with Gasteiger partial charge in [0.25, 0.3) is 5.91 Å². The molecule has 0 radical (unpaired) electrons. The van der Waals surface area contributed by atoms with Gasteiger partial charge in [-0.05, 0) is 17.9 Å². The minimum absolute atomic E-state index is 0.152. The predicted molar refractivity (Wildman–Crippen MR) is 72.9 cm³/mol. The van der Waals surface area contributed by atoms with Crippen LogP contribution in [0.15, 0.2) is 16.7 Å². The van der Waals surface area contributed by atoms with Crippen LogP contribution in [0.1, 0.15) is 16.1 Å². The Labute approximate surface area is 134 Å².